The zero-order valence-corrected chi connectivity index (χ0v) is 8.17. The summed E-state index contributed by atoms with van der Waals surface area (Å²) in [6.45, 7) is 0. The fourth-order valence-corrected chi connectivity index (χ4v) is 1.44. The molecule has 0 aliphatic heterocycles. The van der Waals surface area contributed by atoms with E-state index in [-0.39, 0.29) is 0 Å². The third kappa shape index (κ3) is 1.25. The summed E-state index contributed by atoms with van der Waals surface area (Å²) in [7, 11) is 1.85. The van der Waals surface area contributed by atoms with Crippen LogP contribution in [0, 0.1) is 0 Å². The summed E-state index contributed by atoms with van der Waals surface area (Å²) in [4.78, 5) is 0. The molecule has 3 heteroatoms. The van der Waals surface area contributed by atoms with Gasteiger partial charge in [0.15, 0.2) is 0 Å². The minimum atomic E-state index is -1.49. The van der Waals surface area contributed by atoms with E-state index in [1.54, 1.807) is 16.8 Å². The third-order valence-electron chi connectivity index (χ3n) is 1.73. The molecular weight excluding hydrogens is 216 g/mol. The van der Waals surface area contributed by atoms with E-state index in [0.29, 0.717) is 5.56 Å². The number of aromatic nitrogens is 2. The van der Waals surface area contributed by atoms with Crippen LogP contribution >= 0.6 is 15.9 Å². The molecule has 2 rings (SSSR count). The van der Waals surface area contributed by atoms with Crippen LogP contribution in [0.1, 0.15) is 8.30 Å². The van der Waals surface area contributed by atoms with Gasteiger partial charge in [0, 0.05) is 26.7 Å². The lowest BCUT2D eigenvalue weighted by atomic mass is 10.2. The first-order chi connectivity index (χ1) is 6.47. The van der Waals surface area contributed by atoms with Crippen LogP contribution in [0.2, 0.25) is 0 Å². The van der Waals surface area contributed by atoms with Crippen LogP contribution in [0.4, 0.5) is 0 Å². The normalized spacial score (nSPS) is 14.5. The fourth-order valence-electron chi connectivity index (χ4n) is 1.20. The van der Waals surface area contributed by atoms with Gasteiger partial charge in [-0.15, -0.1) is 0 Å². The van der Waals surface area contributed by atoms with Crippen molar-refractivity contribution < 1.29 is 2.74 Å². The number of alkyl halides is 1. The molecule has 0 spiro atoms. The highest BCUT2D eigenvalue weighted by Crippen LogP contribution is 2.15. The van der Waals surface area contributed by atoms with Crippen molar-refractivity contribution >= 4 is 26.8 Å². The van der Waals surface area contributed by atoms with Gasteiger partial charge in [0.25, 0.3) is 0 Å². The van der Waals surface area contributed by atoms with Crippen LogP contribution in [-0.2, 0) is 12.3 Å². The number of hydrogen-bond donors (Lipinski definition) is 0. The molecule has 0 saturated carbocycles. The van der Waals surface area contributed by atoms with Gasteiger partial charge in [0.2, 0.25) is 0 Å². The Labute approximate surface area is 82.1 Å². The highest BCUT2D eigenvalue weighted by molar-refractivity contribution is 9.08. The van der Waals surface area contributed by atoms with Crippen LogP contribution in [0.25, 0.3) is 10.9 Å². The molecule has 0 bridgehead atoms. The summed E-state index contributed by atoms with van der Waals surface area (Å²) in [5.41, 5.74) is 1.40. The molecule has 0 atom stereocenters. The van der Waals surface area contributed by atoms with Gasteiger partial charge >= 0.3 is 0 Å². The summed E-state index contributed by atoms with van der Waals surface area (Å²) in [6, 6.07) is 5.39. The lowest BCUT2D eigenvalue weighted by molar-refractivity contribution is 0.779. The standard InChI is InChI=1S/C9H9BrN2/c1-12-6-8-3-2-7(5-10)4-9(8)11-12/h2-4,6H,5H2,1H3/i5D2. The van der Waals surface area contributed by atoms with Crippen molar-refractivity contribution in [2.75, 3.05) is 0 Å². The van der Waals surface area contributed by atoms with Gasteiger partial charge in [-0.05, 0) is 11.6 Å². The second-order valence-corrected chi connectivity index (χ2v) is 3.07. The van der Waals surface area contributed by atoms with E-state index in [4.69, 9.17) is 2.74 Å². The number of aryl methyl sites for hydroxylation is 1. The molecule has 1 heterocycles. The van der Waals surface area contributed by atoms with E-state index in [2.05, 4.69) is 21.0 Å². The number of benzene rings is 1. The Hall–Kier alpha value is -0.830. The number of fused-ring (bicyclic) bond motifs is 1. The first-order valence-electron chi connectivity index (χ1n) is 4.59. The second kappa shape index (κ2) is 2.90. The smallest absolute Gasteiger partial charge is 0.0926 e. The van der Waals surface area contributed by atoms with Crippen LogP contribution in [0.5, 0.6) is 0 Å². The predicted molar refractivity (Wildman–Crippen MR) is 53.3 cm³/mol. The molecule has 0 unspecified atom stereocenters. The van der Waals surface area contributed by atoms with Crippen LogP contribution in [0.3, 0.4) is 0 Å². The van der Waals surface area contributed by atoms with Gasteiger partial charge in [-0.1, -0.05) is 28.1 Å². The molecule has 0 amide bonds. The maximum atomic E-state index is 7.50. The Balaban J connectivity index is 2.62. The molecule has 0 radical (unpaired) electrons. The van der Waals surface area contributed by atoms with Crippen molar-refractivity contribution in [2.24, 2.45) is 7.05 Å². The SMILES string of the molecule is [2H]C([2H])(Br)c1ccc2cn(C)nc2c1. The maximum Gasteiger partial charge on any atom is 0.0926 e. The molecule has 0 saturated heterocycles. The Bertz CT molecular complexity index is 473. The Kier molecular flexibility index (Phi) is 1.39. The van der Waals surface area contributed by atoms with Crippen LogP contribution in [0.15, 0.2) is 24.4 Å². The van der Waals surface area contributed by atoms with Crippen molar-refractivity contribution in [1.29, 1.82) is 0 Å². The van der Waals surface area contributed by atoms with Gasteiger partial charge in [-0.25, -0.2) is 0 Å². The fraction of sp³-hybridized carbons (Fsp3) is 0.222. The number of rotatable bonds is 1. The molecule has 2 nitrogen and oxygen atoms in total. The van der Waals surface area contributed by atoms with E-state index in [0.717, 1.165) is 10.9 Å². The van der Waals surface area contributed by atoms with E-state index >= 15 is 0 Å². The summed E-state index contributed by atoms with van der Waals surface area (Å²) >= 11 is 2.98. The predicted octanol–water partition coefficient (Wildman–Crippen LogP) is 2.47. The number of halogens is 1. The second-order valence-electron chi connectivity index (χ2n) is 2.67. The monoisotopic (exact) mass is 226 g/mol. The Morgan fingerprint density at radius 1 is 1.67 bits per heavy atom. The van der Waals surface area contributed by atoms with Gasteiger partial charge in [-0.2, -0.15) is 5.10 Å². The molecule has 2 aromatic rings. The summed E-state index contributed by atoms with van der Waals surface area (Å²) in [5, 5.41) is 3.75. The molecule has 0 fully saturated rings. The lowest BCUT2D eigenvalue weighted by Gasteiger charge is -1.92. The first-order valence-corrected chi connectivity index (χ1v) is 4.39. The van der Waals surface area contributed by atoms with Crippen molar-refractivity contribution in [2.45, 2.75) is 5.28 Å². The molecular formula is C9H9BrN2. The first kappa shape index (κ1) is 5.75. The Morgan fingerprint density at radius 2 is 2.50 bits per heavy atom. The van der Waals surface area contributed by atoms with Crippen molar-refractivity contribution in [1.82, 2.24) is 9.78 Å². The molecule has 0 N–H and O–H groups in total. The lowest BCUT2D eigenvalue weighted by Crippen LogP contribution is -1.85. The quantitative estimate of drug-likeness (QED) is 0.684. The molecule has 1 aromatic carbocycles. The van der Waals surface area contributed by atoms with Gasteiger partial charge in [0.05, 0.1) is 5.52 Å². The average molecular weight is 227 g/mol. The van der Waals surface area contributed by atoms with E-state index < -0.39 is 5.28 Å². The van der Waals surface area contributed by atoms with Gasteiger partial charge in [0.1, 0.15) is 0 Å². The van der Waals surface area contributed by atoms with Gasteiger partial charge in [-0.3, -0.25) is 4.68 Å². The average Bonchev–Trinajstić information content (AvgIpc) is 2.41. The highest BCUT2D eigenvalue weighted by atomic mass is 79.9. The van der Waals surface area contributed by atoms with E-state index in [1.807, 2.05) is 19.3 Å². The summed E-state index contributed by atoms with van der Waals surface area (Å²) in [5.74, 6) is 0. The molecule has 0 aliphatic carbocycles. The molecule has 1 aromatic heterocycles. The van der Waals surface area contributed by atoms with Crippen molar-refractivity contribution in [3.63, 3.8) is 0 Å². The van der Waals surface area contributed by atoms with Gasteiger partial charge < -0.3 is 0 Å². The van der Waals surface area contributed by atoms with Crippen molar-refractivity contribution in [3.05, 3.63) is 30.0 Å². The molecule has 62 valence electrons. The summed E-state index contributed by atoms with van der Waals surface area (Å²) in [6.07, 6.45) is 1.91. The molecule has 12 heavy (non-hydrogen) atoms. The minimum Gasteiger partial charge on any atom is -0.275 e. The summed E-state index contributed by atoms with van der Waals surface area (Å²) < 4.78 is 16.7. The zero-order valence-electron chi connectivity index (χ0n) is 8.58. The largest absolute Gasteiger partial charge is 0.275 e. The third-order valence-corrected chi connectivity index (χ3v) is 2.19. The minimum absolute atomic E-state index is 0.587. The van der Waals surface area contributed by atoms with E-state index in [9.17, 15) is 0 Å². The topological polar surface area (TPSA) is 17.8 Å². The van der Waals surface area contributed by atoms with Crippen LogP contribution < -0.4 is 0 Å². The van der Waals surface area contributed by atoms with Crippen molar-refractivity contribution in [3.8, 4) is 0 Å². The highest BCUT2D eigenvalue weighted by Gasteiger charge is 1.98. The van der Waals surface area contributed by atoms with E-state index in [1.165, 1.54) is 0 Å². The molecule has 0 aliphatic rings. The Morgan fingerprint density at radius 3 is 3.25 bits per heavy atom. The van der Waals surface area contributed by atoms with Crippen LogP contribution in [-0.4, -0.2) is 9.78 Å². The number of nitrogens with zero attached hydrogens (tertiary/aromatic N) is 2. The number of hydrogen-bond acceptors (Lipinski definition) is 1. The zero-order chi connectivity index (χ0) is 10.3. The maximum absolute atomic E-state index is 7.50.